The molecule has 2 aromatic carbocycles. The van der Waals surface area contributed by atoms with Crippen LogP contribution in [0.3, 0.4) is 0 Å². The fourth-order valence-electron chi connectivity index (χ4n) is 4.55. The van der Waals surface area contributed by atoms with Gasteiger partial charge in [-0.15, -0.1) is 0 Å². The van der Waals surface area contributed by atoms with Gasteiger partial charge in [-0.1, -0.05) is 54.5 Å². The molecule has 4 rings (SSSR count). The van der Waals surface area contributed by atoms with E-state index in [1.54, 1.807) is 5.57 Å². The number of piperidine rings is 1. The monoisotopic (exact) mass is 405 g/mol. The first-order valence-electron chi connectivity index (χ1n) is 11.1. The molecule has 4 nitrogen and oxygen atoms in total. The fraction of sp³-hybridized carbons (Fsp3) is 0.423. The molecule has 158 valence electrons. The molecular formula is C26H31NO3. The average Bonchev–Trinajstić information content (AvgIpc) is 2.96. The van der Waals surface area contributed by atoms with Crippen LogP contribution in [0.25, 0.3) is 5.57 Å². The number of para-hydroxylation sites is 1. The zero-order chi connectivity index (χ0) is 20.8. The lowest BCUT2D eigenvalue weighted by molar-refractivity contribution is -0.140. The van der Waals surface area contributed by atoms with Crippen molar-refractivity contribution in [3.8, 4) is 5.75 Å². The summed E-state index contributed by atoms with van der Waals surface area (Å²) < 4.78 is 10.9. The number of esters is 1. The van der Waals surface area contributed by atoms with Crippen molar-refractivity contribution >= 4 is 11.5 Å². The highest BCUT2D eigenvalue weighted by Gasteiger charge is 2.24. The lowest BCUT2D eigenvalue weighted by Gasteiger charge is -2.30. The van der Waals surface area contributed by atoms with Gasteiger partial charge < -0.3 is 14.4 Å². The first-order chi connectivity index (χ1) is 14.8. The van der Waals surface area contributed by atoms with Crippen LogP contribution in [-0.2, 0) is 16.1 Å². The van der Waals surface area contributed by atoms with Crippen LogP contribution in [0.4, 0.5) is 0 Å². The highest BCUT2D eigenvalue weighted by Crippen LogP contribution is 2.40. The molecule has 2 heterocycles. The Morgan fingerprint density at radius 3 is 2.50 bits per heavy atom. The summed E-state index contributed by atoms with van der Waals surface area (Å²) >= 11 is 0. The van der Waals surface area contributed by atoms with E-state index in [0.29, 0.717) is 13.0 Å². The van der Waals surface area contributed by atoms with E-state index in [9.17, 15) is 4.79 Å². The zero-order valence-corrected chi connectivity index (χ0v) is 17.9. The molecule has 0 atom stereocenters. The number of hydrogen-bond acceptors (Lipinski definition) is 4. The second-order valence-electron chi connectivity index (χ2n) is 8.15. The van der Waals surface area contributed by atoms with E-state index >= 15 is 0 Å². The number of nitrogens with zero attached hydrogens (tertiary/aromatic N) is 1. The van der Waals surface area contributed by atoms with Crippen molar-refractivity contribution in [3.63, 3.8) is 0 Å². The van der Waals surface area contributed by atoms with Crippen molar-refractivity contribution in [1.29, 1.82) is 0 Å². The molecule has 2 aliphatic heterocycles. The Bertz CT molecular complexity index is 858. The Morgan fingerprint density at radius 2 is 1.70 bits per heavy atom. The SMILES string of the molecule is COC(=O)CCCCCN1CCC(=C2c3ccccc3COc3ccccc32)CC1. The van der Waals surface area contributed by atoms with E-state index < -0.39 is 0 Å². The van der Waals surface area contributed by atoms with E-state index in [1.165, 1.54) is 29.4 Å². The molecule has 2 aromatic rings. The summed E-state index contributed by atoms with van der Waals surface area (Å²) in [4.78, 5) is 13.8. The molecule has 0 saturated carbocycles. The van der Waals surface area contributed by atoms with Crippen molar-refractivity contribution in [3.05, 3.63) is 70.8 Å². The molecule has 1 fully saturated rings. The second-order valence-corrected chi connectivity index (χ2v) is 8.15. The zero-order valence-electron chi connectivity index (χ0n) is 17.9. The number of carbonyl (C=O) groups is 1. The summed E-state index contributed by atoms with van der Waals surface area (Å²) in [5, 5.41) is 0. The van der Waals surface area contributed by atoms with Crippen LogP contribution < -0.4 is 4.74 Å². The molecule has 4 heteroatoms. The normalized spacial score (nSPS) is 16.3. The van der Waals surface area contributed by atoms with Crippen LogP contribution in [-0.4, -0.2) is 37.6 Å². The number of unbranched alkanes of at least 4 members (excludes halogenated alkanes) is 2. The minimum atomic E-state index is -0.0998. The van der Waals surface area contributed by atoms with E-state index in [4.69, 9.17) is 9.47 Å². The molecule has 0 amide bonds. The summed E-state index contributed by atoms with van der Waals surface area (Å²) in [6.45, 7) is 3.93. The molecule has 0 spiro atoms. The Morgan fingerprint density at radius 1 is 0.967 bits per heavy atom. The first-order valence-corrected chi connectivity index (χ1v) is 11.1. The number of benzene rings is 2. The van der Waals surface area contributed by atoms with Crippen LogP contribution in [0.2, 0.25) is 0 Å². The van der Waals surface area contributed by atoms with Gasteiger partial charge in [-0.25, -0.2) is 0 Å². The smallest absolute Gasteiger partial charge is 0.305 e. The van der Waals surface area contributed by atoms with E-state index in [0.717, 1.165) is 57.5 Å². The van der Waals surface area contributed by atoms with Gasteiger partial charge in [-0.3, -0.25) is 4.79 Å². The van der Waals surface area contributed by atoms with E-state index in [-0.39, 0.29) is 5.97 Å². The second kappa shape index (κ2) is 9.94. The van der Waals surface area contributed by atoms with Gasteiger partial charge in [0.15, 0.2) is 0 Å². The molecule has 0 aliphatic carbocycles. The van der Waals surface area contributed by atoms with Crippen molar-refractivity contribution in [2.24, 2.45) is 0 Å². The van der Waals surface area contributed by atoms with Crippen LogP contribution >= 0.6 is 0 Å². The lowest BCUT2D eigenvalue weighted by Crippen LogP contribution is -2.32. The largest absolute Gasteiger partial charge is 0.488 e. The topological polar surface area (TPSA) is 38.8 Å². The molecule has 30 heavy (non-hydrogen) atoms. The van der Waals surface area contributed by atoms with E-state index in [2.05, 4.69) is 53.4 Å². The molecule has 0 unspecified atom stereocenters. The van der Waals surface area contributed by atoms with Gasteiger partial charge in [0.05, 0.1) is 7.11 Å². The maximum Gasteiger partial charge on any atom is 0.305 e. The minimum Gasteiger partial charge on any atom is -0.488 e. The highest BCUT2D eigenvalue weighted by atomic mass is 16.5. The van der Waals surface area contributed by atoms with Gasteiger partial charge in [0.2, 0.25) is 0 Å². The molecule has 0 aromatic heterocycles. The number of fused-ring (bicyclic) bond motifs is 2. The van der Waals surface area contributed by atoms with Gasteiger partial charge in [-0.2, -0.15) is 0 Å². The third-order valence-electron chi connectivity index (χ3n) is 6.22. The fourth-order valence-corrected chi connectivity index (χ4v) is 4.55. The number of likely N-dealkylation sites (tertiary alicyclic amines) is 1. The number of methoxy groups -OCH3 is 1. The van der Waals surface area contributed by atoms with Gasteiger partial charge in [0.1, 0.15) is 12.4 Å². The summed E-state index contributed by atoms with van der Waals surface area (Å²) in [6, 6.07) is 17.1. The van der Waals surface area contributed by atoms with Gasteiger partial charge in [-0.05, 0) is 55.0 Å². The summed E-state index contributed by atoms with van der Waals surface area (Å²) in [6.07, 6.45) is 5.87. The lowest BCUT2D eigenvalue weighted by atomic mass is 9.86. The number of rotatable bonds is 6. The summed E-state index contributed by atoms with van der Waals surface area (Å²) in [7, 11) is 1.46. The Hall–Kier alpha value is -2.59. The number of hydrogen-bond donors (Lipinski definition) is 0. The molecule has 2 aliphatic rings. The predicted octanol–water partition coefficient (Wildman–Crippen LogP) is 5.21. The number of carbonyl (C=O) groups excluding carboxylic acids is 1. The van der Waals surface area contributed by atoms with E-state index in [1.807, 2.05) is 0 Å². The third-order valence-corrected chi connectivity index (χ3v) is 6.22. The Balaban J connectivity index is 1.44. The molecule has 0 radical (unpaired) electrons. The van der Waals surface area contributed by atoms with Gasteiger partial charge >= 0.3 is 5.97 Å². The molecular weight excluding hydrogens is 374 g/mol. The predicted molar refractivity (Wildman–Crippen MR) is 119 cm³/mol. The Kier molecular flexibility index (Phi) is 6.85. The maximum absolute atomic E-state index is 11.2. The highest BCUT2D eigenvalue weighted by molar-refractivity contribution is 5.87. The Labute approximate surface area is 179 Å². The van der Waals surface area contributed by atoms with Crippen molar-refractivity contribution in [1.82, 2.24) is 4.90 Å². The standard InChI is InChI=1S/C26H31NO3/c1-29-25(28)13-3-2-8-16-27-17-14-20(15-18-27)26-22-10-5-4-9-21(22)19-30-24-12-7-6-11-23(24)26/h4-7,9-12H,2-3,8,13-19H2,1H3. The van der Waals surface area contributed by atoms with Gasteiger partial charge in [0.25, 0.3) is 0 Å². The van der Waals surface area contributed by atoms with Crippen LogP contribution in [0.1, 0.15) is 55.2 Å². The molecule has 0 N–H and O–H groups in total. The first kappa shape index (κ1) is 20.7. The quantitative estimate of drug-likeness (QED) is 0.488. The van der Waals surface area contributed by atoms with Crippen molar-refractivity contribution < 1.29 is 14.3 Å². The molecule has 0 bridgehead atoms. The van der Waals surface area contributed by atoms with Gasteiger partial charge in [0, 0.05) is 25.1 Å². The average molecular weight is 406 g/mol. The van der Waals surface area contributed by atoms with Crippen LogP contribution in [0.15, 0.2) is 54.1 Å². The maximum atomic E-state index is 11.2. The minimum absolute atomic E-state index is 0.0998. The van der Waals surface area contributed by atoms with Crippen molar-refractivity contribution in [2.75, 3.05) is 26.7 Å². The van der Waals surface area contributed by atoms with Crippen molar-refractivity contribution in [2.45, 2.75) is 45.1 Å². The third kappa shape index (κ3) is 4.76. The molecule has 1 saturated heterocycles. The number of ether oxygens (including phenoxy) is 2. The summed E-state index contributed by atoms with van der Waals surface area (Å²) in [5.41, 5.74) is 6.76. The van der Waals surface area contributed by atoms with Crippen LogP contribution in [0, 0.1) is 0 Å². The summed E-state index contributed by atoms with van der Waals surface area (Å²) in [5.74, 6) is 0.890. The van der Waals surface area contributed by atoms with Crippen LogP contribution in [0.5, 0.6) is 5.75 Å².